The summed E-state index contributed by atoms with van der Waals surface area (Å²) < 4.78 is 5.49. The molecule has 2 atom stereocenters. The van der Waals surface area contributed by atoms with Crippen molar-refractivity contribution in [1.29, 1.82) is 0 Å². The van der Waals surface area contributed by atoms with Crippen LogP contribution in [0.1, 0.15) is 48.0 Å². The van der Waals surface area contributed by atoms with Gasteiger partial charge in [-0.2, -0.15) is 4.98 Å². The molecular formula is C18H24ClN5O2. The van der Waals surface area contributed by atoms with Crippen LogP contribution in [-0.2, 0) is 0 Å². The number of nitrogens with zero attached hydrogens (tertiary/aromatic N) is 3. The van der Waals surface area contributed by atoms with Gasteiger partial charge in [0.25, 0.3) is 5.91 Å². The van der Waals surface area contributed by atoms with Crippen molar-refractivity contribution in [3.8, 4) is 0 Å². The standard InChI is InChI=1S/C18H24ClN5O2/c1-11(2)15(21-17(25)12-6-4-5-7-13(12)19)18-22-16(23-26-18)14-10-20-8-9-24(14)3/h4-7,11,14-15,20H,8-10H2,1-3H3,(H,21,25). The van der Waals surface area contributed by atoms with Gasteiger partial charge < -0.3 is 15.2 Å². The van der Waals surface area contributed by atoms with Crippen LogP contribution in [0.5, 0.6) is 0 Å². The Kier molecular flexibility index (Phi) is 5.90. The lowest BCUT2D eigenvalue weighted by molar-refractivity contribution is 0.0914. The van der Waals surface area contributed by atoms with Crippen molar-refractivity contribution in [2.24, 2.45) is 5.92 Å². The van der Waals surface area contributed by atoms with Crippen LogP contribution in [0, 0.1) is 5.92 Å². The maximum atomic E-state index is 12.6. The Bertz CT molecular complexity index is 764. The summed E-state index contributed by atoms with van der Waals surface area (Å²) in [5.74, 6) is 0.865. The third kappa shape index (κ3) is 4.06. The molecule has 1 aliphatic heterocycles. The minimum absolute atomic E-state index is 0.0633. The van der Waals surface area contributed by atoms with Gasteiger partial charge in [0.1, 0.15) is 6.04 Å². The van der Waals surface area contributed by atoms with Gasteiger partial charge in [-0.05, 0) is 25.1 Å². The fourth-order valence-electron chi connectivity index (χ4n) is 2.98. The molecule has 1 aromatic carbocycles. The second-order valence-electron chi connectivity index (χ2n) is 6.87. The van der Waals surface area contributed by atoms with E-state index in [-0.39, 0.29) is 23.9 Å². The summed E-state index contributed by atoms with van der Waals surface area (Å²) in [5.41, 5.74) is 0.427. The summed E-state index contributed by atoms with van der Waals surface area (Å²) in [7, 11) is 2.04. The monoisotopic (exact) mass is 377 g/mol. The van der Waals surface area contributed by atoms with Gasteiger partial charge in [-0.1, -0.05) is 42.7 Å². The van der Waals surface area contributed by atoms with E-state index in [9.17, 15) is 4.79 Å². The molecule has 0 spiro atoms. The molecule has 1 fully saturated rings. The molecule has 2 N–H and O–H groups in total. The molecule has 7 nitrogen and oxygen atoms in total. The van der Waals surface area contributed by atoms with Crippen LogP contribution in [0.3, 0.4) is 0 Å². The zero-order chi connectivity index (χ0) is 18.7. The van der Waals surface area contributed by atoms with Crippen LogP contribution in [0.25, 0.3) is 0 Å². The predicted octanol–water partition coefficient (Wildman–Crippen LogP) is 2.43. The fourth-order valence-corrected chi connectivity index (χ4v) is 3.20. The highest BCUT2D eigenvalue weighted by Gasteiger charge is 2.29. The van der Waals surface area contributed by atoms with E-state index in [0.717, 1.165) is 19.6 Å². The minimum atomic E-state index is -0.387. The molecule has 1 saturated heterocycles. The zero-order valence-corrected chi connectivity index (χ0v) is 16.0. The van der Waals surface area contributed by atoms with Crippen molar-refractivity contribution in [3.63, 3.8) is 0 Å². The number of aromatic nitrogens is 2. The molecule has 0 radical (unpaired) electrons. The average molecular weight is 378 g/mol. The van der Waals surface area contributed by atoms with E-state index < -0.39 is 0 Å². The number of halogens is 1. The lowest BCUT2D eigenvalue weighted by Gasteiger charge is -2.30. The number of rotatable bonds is 5. The number of nitrogens with one attached hydrogen (secondary N) is 2. The van der Waals surface area contributed by atoms with Gasteiger partial charge in [-0.25, -0.2) is 0 Å². The molecule has 0 aliphatic carbocycles. The molecule has 26 heavy (non-hydrogen) atoms. The molecule has 0 bridgehead atoms. The molecule has 2 aromatic rings. The van der Waals surface area contributed by atoms with Gasteiger partial charge in [0.15, 0.2) is 5.82 Å². The predicted molar refractivity (Wildman–Crippen MR) is 99.0 cm³/mol. The molecule has 3 rings (SSSR count). The summed E-state index contributed by atoms with van der Waals surface area (Å²) in [5, 5.41) is 10.9. The van der Waals surface area contributed by atoms with Gasteiger partial charge in [-0.3, -0.25) is 9.69 Å². The first-order chi connectivity index (χ1) is 12.5. The average Bonchev–Trinajstić information content (AvgIpc) is 3.09. The second kappa shape index (κ2) is 8.16. The van der Waals surface area contributed by atoms with Crippen LogP contribution in [0.4, 0.5) is 0 Å². The number of carbonyl (C=O) groups excluding carboxylic acids is 1. The normalized spacial score (nSPS) is 19.5. The quantitative estimate of drug-likeness (QED) is 0.832. The number of hydrogen-bond acceptors (Lipinski definition) is 6. The van der Waals surface area contributed by atoms with Crippen molar-refractivity contribution in [2.45, 2.75) is 25.9 Å². The first-order valence-corrected chi connectivity index (χ1v) is 9.15. The van der Waals surface area contributed by atoms with Crippen molar-refractivity contribution in [1.82, 2.24) is 25.7 Å². The molecule has 2 unspecified atom stereocenters. The Morgan fingerprint density at radius 2 is 2.19 bits per heavy atom. The Hall–Kier alpha value is -1.96. The van der Waals surface area contributed by atoms with E-state index in [0.29, 0.717) is 22.3 Å². The molecule has 1 aliphatic rings. The Balaban J connectivity index is 1.78. The van der Waals surface area contributed by atoms with Crippen molar-refractivity contribution in [2.75, 3.05) is 26.7 Å². The number of carbonyl (C=O) groups is 1. The molecule has 140 valence electrons. The largest absolute Gasteiger partial charge is 0.340 e. The summed E-state index contributed by atoms with van der Waals surface area (Å²) in [6, 6.07) is 6.63. The Morgan fingerprint density at radius 1 is 1.42 bits per heavy atom. The first kappa shape index (κ1) is 18.8. The molecule has 2 heterocycles. The third-order valence-electron chi connectivity index (χ3n) is 4.60. The van der Waals surface area contributed by atoms with Crippen LogP contribution >= 0.6 is 11.6 Å². The van der Waals surface area contributed by atoms with Crippen molar-refractivity contribution >= 4 is 17.5 Å². The number of piperazine rings is 1. The highest BCUT2D eigenvalue weighted by Crippen LogP contribution is 2.25. The van der Waals surface area contributed by atoms with Crippen LogP contribution in [0.15, 0.2) is 28.8 Å². The number of hydrogen-bond donors (Lipinski definition) is 2. The molecule has 0 saturated carbocycles. The minimum Gasteiger partial charge on any atom is -0.340 e. The van der Waals surface area contributed by atoms with Crippen molar-refractivity contribution in [3.05, 3.63) is 46.6 Å². The van der Waals surface area contributed by atoms with E-state index in [4.69, 9.17) is 16.1 Å². The maximum Gasteiger partial charge on any atom is 0.253 e. The van der Waals surface area contributed by atoms with Gasteiger partial charge in [0.2, 0.25) is 5.89 Å². The molecule has 8 heteroatoms. The van der Waals surface area contributed by atoms with E-state index in [2.05, 4.69) is 25.7 Å². The van der Waals surface area contributed by atoms with E-state index in [1.807, 2.05) is 20.9 Å². The lowest BCUT2D eigenvalue weighted by atomic mass is 10.0. The SMILES string of the molecule is CC(C)C(NC(=O)c1ccccc1Cl)c1nc(C2CNCCN2C)no1. The maximum absolute atomic E-state index is 12.6. The Labute approximate surface area is 158 Å². The molecule has 1 amide bonds. The summed E-state index contributed by atoms with van der Waals surface area (Å²) in [6.45, 7) is 6.63. The topological polar surface area (TPSA) is 83.3 Å². The Morgan fingerprint density at radius 3 is 2.88 bits per heavy atom. The fraction of sp³-hybridized carbons (Fsp3) is 0.500. The van der Waals surface area contributed by atoms with E-state index in [1.54, 1.807) is 24.3 Å². The van der Waals surface area contributed by atoms with Gasteiger partial charge in [0.05, 0.1) is 16.6 Å². The van der Waals surface area contributed by atoms with E-state index >= 15 is 0 Å². The smallest absolute Gasteiger partial charge is 0.253 e. The number of benzene rings is 1. The summed E-state index contributed by atoms with van der Waals surface area (Å²) >= 11 is 6.13. The first-order valence-electron chi connectivity index (χ1n) is 8.77. The second-order valence-corrected chi connectivity index (χ2v) is 7.27. The van der Waals surface area contributed by atoms with E-state index in [1.165, 1.54) is 0 Å². The van der Waals surface area contributed by atoms with Crippen LogP contribution in [-0.4, -0.2) is 47.6 Å². The van der Waals surface area contributed by atoms with Gasteiger partial charge >= 0.3 is 0 Å². The number of likely N-dealkylation sites (N-methyl/N-ethyl adjacent to an activating group) is 1. The van der Waals surface area contributed by atoms with Crippen LogP contribution in [0.2, 0.25) is 5.02 Å². The number of amides is 1. The zero-order valence-electron chi connectivity index (χ0n) is 15.2. The van der Waals surface area contributed by atoms with Crippen LogP contribution < -0.4 is 10.6 Å². The molecule has 1 aromatic heterocycles. The molecular weight excluding hydrogens is 354 g/mol. The van der Waals surface area contributed by atoms with Gasteiger partial charge in [0, 0.05) is 19.6 Å². The summed E-state index contributed by atoms with van der Waals surface area (Å²) in [4.78, 5) is 19.4. The highest BCUT2D eigenvalue weighted by atomic mass is 35.5. The van der Waals surface area contributed by atoms with Crippen molar-refractivity contribution < 1.29 is 9.32 Å². The highest BCUT2D eigenvalue weighted by molar-refractivity contribution is 6.33. The van der Waals surface area contributed by atoms with Gasteiger partial charge in [-0.15, -0.1) is 0 Å². The lowest BCUT2D eigenvalue weighted by Crippen LogP contribution is -2.44. The third-order valence-corrected chi connectivity index (χ3v) is 4.93. The summed E-state index contributed by atoms with van der Waals surface area (Å²) in [6.07, 6.45) is 0.